The maximum atomic E-state index is 0. The van der Waals surface area contributed by atoms with Crippen molar-refractivity contribution in [2.75, 3.05) is 0 Å². The Kier molecular flexibility index (Phi) is 43400. The van der Waals surface area contributed by atoms with Crippen molar-refractivity contribution in [2.45, 2.75) is 0 Å². The Balaban J connectivity index is 0. The maximum Gasteiger partial charge on any atom is 3.00 e. The van der Waals surface area contributed by atoms with Crippen molar-refractivity contribution in [3.05, 3.63) is 0 Å². The van der Waals surface area contributed by atoms with E-state index in [-0.39, 0.29) is 68.8 Å². The predicted molar refractivity (Wildman–Crippen MR) is 9.97 cm³/mol. The Morgan fingerprint density at radius 1 is 0.500 bits per heavy atom. The van der Waals surface area contributed by atoms with E-state index in [0.29, 0.717) is 0 Å². The van der Waals surface area contributed by atoms with E-state index < -0.39 is 0 Å². The van der Waals surface area contributed by atoms with Crippen LogP contribution in [0.25, 0.3) is 0 Å². The van der Waals surface area contributed by atoms with E-state index in [9.17, 15) is 0 Å². The van der Waals surface area contributed by atoms with E-state index in [1.807, 2.05) is 0 Å². The van der Waals surface area contributed by atoms with Gasteiger partial charge >= 0.3 is 17.4 Å². The first-order valence-electron chi connectivity index (χ1n) is 0. The molecule has 8 heavy (non-hydrogen) atoms. The Morgan fingerprint density at radius 3 is 0.500 bits per heavy atom. The van der Waals surface area contributed by atoms with Crippen molar-refractivity contribution >= 4 is 0 Å². The first-order valence-corrected chi connectivity index (χ1v) is 0. The summed E-state index contributed by atoms with van der Waals surface area (Å²) < 4.78 is 0. The van der Waals surface area contributed by atoms with Gasteiger partial charge in [-0.25, -0.2) is 0 Å². The number of hydrogen-bond acceptors (Lipinski definition) is 0. The summed E-state index contributed by atoms with van der Waals surface area (Å²) >= 11 is 0. The summed E-state index contributed by atoms with van der Waals surface area (Å²) in [5.41, 5.74) is 0. The van der Waals surface area contributed by atoms with Gasteiger partial charge in [-0.15, -0.1) is 0 Å². The molecule has 0 heterocycles. The number of hydrogen-bond donors (Lipinski definition) is 0. The molecule has 0 saturated heterocycles. The smallest absolute Gasteiger partial charge is 2.00 e. The second-order valence-electron chi connectivity index (χ2n) is 0. The van der Waals surface area contributed by atoms with Crippen LogP contribution >= 0.6 is 0 Å². The van der Waals surface area contributed by atoms with Crippen molar-refractivity contribution in [1.82, 2.24) is 0 Å². The fraction of sp³-hybridized carbons (Fsp3) is 0. The van der Waals surface area contributed by atoms with Crippen LogP contribution in [0.2, 0.25) is 0 Å². The van der Waals surface area contributed by atoms with Gasteiger partial charge in [-0.3, -0.25) is 0 Å². The first-order chi connectivity index (χ1) is 0. The average Bonchev–Trinajstić information content (AvgIpc) is 0. The molecule has 0 amide bonds. The summed E-state index contributed by atoms with van der Waals surface area (Å²) in [6.07, 6.45) is 0. The Labute approximate surface area is 69.1 Å². The third-order valence-corrected chi connectivity index (χ3v) is 0. The molecule has 0 rings (SSSR count). The Morgan fingerprint density at radius 2 is 0.500 bits per heavy atom. The molecule has 0 fully saturated rings. The minimum absolute atomic E-state index is 0. The summed E-state index contributed by atoms with van der Waals surface area (Å²) in [4.78, 5) is 0. The van der Waals surface area contributed by atoms with Crippen molar-refractivity contribution in [3.63, 3.8) is 0 Å². The van der Waals surface area contributed by atoms with Crippen LogP contribution in [0.3, 0.4) is 0 Å². The molecule has 0 aliphatic carbocycles. The van der Waals surface area contributed by atoms with Crippen LogP contribution in [0.1, 0.15) is 0 Å². The van der Waals surface area contributed by atoms with Crippen LogP contribution in [-0.4, -0.2) is 11.0 Å². The van der Waals surface area contributed by atoms with Crippen molar-refractivity contribution in [3.8, 4) is 0 Å². The van der Waals surface area contributed by atoms with Crippen LogP contribution in [0.15, 0.2) is 0 Å². The first kappa shape index (κ1) is 716. The molecule has 0 saturated carbocycles. The van der Waals surface area contributed by atoms with Crippen molar-refractivity contribution in [1.29, 1.82) is 0 Å². The fourth-order valence-electron chi connectivity index (χ4n) is 0. The van der Waals surface area contributed by atoms with Gasteiger partial charge in [0.05, 0.1) is 0 Å². The molecule has 4 N–H and O–H groups in total. The maximum absolute atomic E-state index is 0. The topological polar surface area (TPSA) is 177 Å². The normalized spacial score (nSPS) is 0. The molecule has 6 nitrogen and oxygen atoms in total. The van der Waals surface area contributed by atoms with E-state index in [0.717, 1.165) is 0 Å². The minimum atomic E-state index is 0. The second-order valence-corrected chi connectivity index (χ2v) is 0. The van der Waals surface area contributed by atoms with Crippen LogP contribution in [0, 0.1) is 0 Å². The van der Waals surface area contributed by atoms with Crippen molar-refractivity contribution in [2.24, 2.45) is 0 Å². The molecule has 0 aliphatic rings. The summed E-state index contributed by atoms with van der Waals surface area (Å²) in [5.74, 6) is 0. The van der Waals surface area contributed by atoms with Gasteiger partial charge in [0.2, 0.25) is 0 Å². The van der Waals surface area contributed by atoms with Gasteiger partial charge in [-0.1, -0.05) is 0 Å². The Bertz CT molecular complexity index is 8.49. The average molecular weight is 203 g/mol. The zero-order chi connectivity index (χ0) is 0. The molecule has 0 aromatic rings. The molecule has 8 heteroatoms. The summed E-state index contributed by atoms with van der Waals surface area (Å²) in [5, 5.41) is 0. The second kappa shape index (κ2) is 484. The van der Waals surface area contributed by atoms with Gasteiger partial charge in [0.25, 0.3) is 0 Å². The number of rotatable bonds is 0. The van der Waals surface area contributed by atoms with Gasteiger partial charge in [0, 0.05) is 18.6 Å². The molecule has 2 radical (unpaired) electrons. The van der Waals surface area contributed by atoms with Crippen LogP contribution in [0.5, 0.6) is 0 Å². The van der Waals surface area contributed by atoms with E-state index in [1.165, 1.54) is 0 Å². The van der Waals surface area contributed by atoms with Gasteiger partial charge in [0.15, 0.2) is 0 Å². The van der Waals surface area contributed by atoms with Gasteiger partial charge < -0.3 is 32.9 Å². The molecule has 0 spiro atoms. The molecule has 0 aromatic heterocycles. The molecule has 0 aliphatic heterocycles. The molecule has 0 bridgehead atoms. The zero-order valence-electron chi connectivity index (χ0n) is 3.49. The fourth-order valence-corrected chi connectivity index (χ4v) is 0. The monoisotopic (exact) mass is 203 g/mol. The third-order valence-electron chi connectivity index (χ3n) is 0. The molecular weight excluding hydrogens is 199 g/mol. The van der Waals surface area contributed by atoms with Crippen molar-refractivity contribution < 1.29 is 68.8 Å². The van der Waals surface area contributed by atoms with Gasteiger partial charge in [-0.05, 0) is 0 Å². The van der Waals surface area contributed by atoms with E-state index in [1.54, 1.807) is 0 Å². The molecule has 0 aromatic carbocycles. The van der Waals surface area contributed by atoms with E-state index in [4.69, 9.17) is 0 Å². The van der Waals surface area contributed by atoms with Gasteiger partial charge in [0.1, 0.15) is 0 Å². The SMILES string of the molecule is O.O.[Cr+3].[O-2].[O-2].[O-2].[O-2].[V]. The summed E-state index contributed by atoms with van der Waals surface area (Å²) in [6.45, 7) is 0. The summed E-state index contributed by atoms with van der Waals surface area (Å²) in [7, 11) is 0. The summed E-state index contributed by atoms with van der Waals surface area (Å²) in [6, 6.07) is 0. The van der Waals surface area contributed by atoms with Crippen LogP contribution in [-0.2, 0) is 57.8 Å². The predicted octanol–water partition coefficient (Wildman–Crippen LogP) is -2.13. The molecular formula is H4CrO6V-5. The quantitative estimate of drug-likeness (QED) is 0.417. The van der Waals surface area contributed by atoms with E-state index >= 15 is 0 Å². The molecule has 56 valence electrons. The zero-order valence-corrected chi connectivity index (χ0v) is 6.16. The standard InChI is InChI=1S/Cr.2H2O.4O.V/h;2*1H2;;;;;/q+3;;;4*-2;. The third kappa shape index (κ3) is 309. The Hall–Kier alpha value is 0.877. The largest absolute Gasteiger partial charge is 3.00 e. The van der Waals surface area contributed by atoms with Gasteiger partial charge in [-0.2, -0.15) is 0 Å². The minimum Gasteiger partial charge on any atom is -2.00 e. The molecule has 0 unspecified atom stereocenters. The van der Waals surface area contributed by atoms with Crippen LogP contribution in [0.4, 0.5) is 0 Å². The van der Waals surface area contributed by atoms with E-state index in [2.05, 4.69) is 0 Å². The van der Waals surface area contributed by atoms with Crippen LogP contribution < -0.4 is 0 Å². The molecule has 0 atom stereocenters.